The molecule has 1 saturated heterocycles. The molecule has 0 saturated carbocycles. The van der Waals surface area contributed by atoms with Gasteiger partial charge in [0.05, 0.1) is 29.4 Å². The number of rotatable bonds is 5. The van der Waals surface area contributed by atoms with Crippen molar-refractivity contribution in [3.05, 3.63) is 30.2 Å². The lowest BCUT2D eigenvalue weighted by molar-refractivity contribution is 0.392. The lowest BCUT2D eigenvalue weighted by Gasteiger charge is -1.98. The molecule has 11 heteroatoms. The van der Waals surface area contributed by atoms with Gasteiger partial charge in [-0.2, -0.15) is 0 Å². The van der Waals surface area contributed by atoms with Crippen LogP contribution in [0, 0.1) is 0 Å². The van der Waals surface area contributed by atoms with E-state index in [9.17, 15) is 8.42 Å². The van der Waals surface area contributed by atoms with Gasteiger partial charge in [0.15, 0.2) is 15.6 Å². The summed E-state index contributed by atoms with van der Waals surface area (Å²) in [5, 5.41) is 16.0. The molecule has 0 bridgehead atoms. The third-order valence-electron chi connectivity index (χ3n) is 3.52. The van der Waals surface area contributed by atoms with E-state index in [2.05, 4.69) is 20.4 Å². The van der Waals surface area contributed by atoms with Gasteiger partial charge in [-0.05, 0) is 18.6 Å². The van der Waals surface area contributed by atoms with Crippen molar-refractivity contribution >= 4 is 21.6 Å². The van der Waals surface area contributed by atoms with Crippen LogP contribution in [0.4, 0.5) is 0 Å². The highest BCUT2D eigenvalue weighted by molar-refractivity contribution is 7.98. The van der Waals surface area contributed by atoms with E-state index >= 15 is 0 Å². The maximum Gasteiger partial charge on any atom is 0.283 e. The SMILES string of the molecule is O=S1(=O)CC[C@@H](c2nnc(SCc3nnc(-c4ccco4)o3)o2)C1. The first-order chi connectivity index (χ1) is 11.6. The van der Waals surface area contributed by atoms with Crippen molar-refractivity contribution < 1.29 is 21.7 Å². The first-order valence-electron chi connectivity index (χ1n) is 7.12. The van der Waals surface area contributed by atoms with Gasteiger partial charge in [-0.25, -0.2) is 8.42 Å². The minimum Gasteiger partial charge on any atom is -0.459 e. The Bertz CT molecular complexity index is 931. The van der Waals surface area contributed by atoms with E-state index < -0.39 is 9.84 Å². The van der Waals surface area contributed by atoms with Crippen molar-refractivity contribution in [1.82, 2.24) is 20.4 Å². The average Bonchev–Trinajstić information content (AvgIpc) is 3.32. The molecule has 0 amide bonds. The van der Waals surface area contributed by atoms with Gasteiger partial charge in [-0.15, -0.1) is 20.4 Å². The quantitative estimate of drug-likeness (QED) is 0.616. The summed E-state index contributed by atoms with van der Waals surface area (Å²) in [7, 11) is -2.99. The molecule has 3 aromatic rings. The molecule has 3 aromatic heterocycles. The summed E-state index contributed by atoms with van der Waals surface area (Å²) in [5.74, 6) is 1.94. The Morgan fingerprint density at radius 3 is 2.88 bits per heavy atom. The minimum atomic E-state index is -2.99. The fraction of sp³-hybridized carbons (Fsp3) is 0.385. The Balaban J connectivity index is 1.38. The third-order valence-corrected chi connectivity index (χ3v) is 6.09. The number of nitrogens with zero attached hydrogens (tertiary/aromatic N) is 4. The molecular weight excluding hydrogens is 356 g/mol. The van der Waals surface area contributed by atoms with Crippen LogP contribution in [-0.4, -0.2) is 40.3 Å². The number of hydrogen-bond donors (Lipinski definition) is 0. The molecular formula is C13H12N4O5S2. The van der Waals surface area contributed by atoms with Gasteiger partial charge < -0.3 is 13.3 Å². The minimum absolute atomic E-state index is 0.0649. The van der Waals surface area contributed by atoms with Crippen LogP contribution in [0.5, 0.6) is 0 Å². The van der Waals surface area contributed by atoms with Gasteiger partial charge in [0.1, 0.15) is 0 Å². The first kappa shape index (κ1) is 15.4. The number of furan rings is 1. The van der Waals surface area contributed by atoms with Crippen LogP contribution in [0.15, 0.2) is 36.9 Å². The van der Waals surface area contributed by atoms with E-state index in [1.54, 1.807) is 12.1 Å². The molecule has 0 aromatic carbocycles. The molecule has 4 rings (SSSR count). The van der Waals surface area contributed by atoms with Crippen LogP contribution in [0.25, 0.3) is 11.7 Å². The molecule has 126 valence electrons. The van der Waals surface area contributed by atoms with E-state index in [0.29, 0.717) is 40.8 Å². The van der Waals surface area contributed by atoms with Crippen LogP contribution in [0.1, 0.15) is 24.1 Å². The highest BCUT2D eigenvalue weighted by Crippen LogP contribution is 2.30. The van der Waals surface area contributed by atoms with Crippen LogP contribution in [-0.2, 0) is 15.6 Å². The Hall–Kier alpha value is -2.14. The van der Waals surface area contributed by atoms with Crippen molar-refractivity contribution in [3.8, 4) is 11.7 Å². The first-order valence-corrected chi connectivity index (χ1v) is 9.93. The Morgan fingerprint density at radius 2 is 2.12 bits per heavy atom. The van der Waals surface area contributed by atoms with Crippen LogP contribution in [0.3, 0.4) is 0 Å². The lowest BCUT2D eigenvalue weighted by Crippen LogP contribution is -2.03. The third kappa shape index (κ3) is 3.22. The lowest BCUT2D eigenvalue weighted by atomic mass is 10.1. The zero-order valence-corrected chi connectivity index (χ0v) is 13.9. The van der Waals surface area contributed by atoms with E-state index in [0.717, 1.165) is 0 Å². The summed E-state index contributed by atoms with van der Waals surface area (Å²) in [4.78, 5) is 0. The normalized spacial score (nSPS) is 19.8. The number of aromatic nitrogens is 4. The topological polar surface area (TPSA) is 125 Å². The fourth-order valence-electron chi connectivity index (χ4n) is 2.37. The molecule has 4 heterocycles. The van der Waals surface area contributed by atoms with E-state index in [1.807, 2.05) is 0 Å². The summed E-state index contributed by atoms with van der Waals surface area (Å²) in [5.41, 5.74) is 0. The number of hydrogen-bond acceptors (Lipinski definition) is 10. The molecule has 0 aliphatic carbocycles. The van der Waals surface area contributed by atoms with Crippen molar-refractivity contribution in [2.24, 2.45) is 0 Å². The molecule has 1 fully saturated rings. The van der Waals surface area contributed by atoms with E-state index in [1.165, 1.54) is 18.0 Å². The smallest absolute Gasteiger partial charge is 0.283 e. The van der Waals surface area contributed by atoms with Gasteiger partial charge >= 0.3 is 0 Å². The summed E-state index contributed by atoms with van der Waals surface area (Å²) >= 11 is 1.25. The van der Waals surface area contributed by atoms with Gasteiger partial charge in [-0.1, -0.05) is 11.8 Å². The zero-order valence-electron chi connectivity index (χ0n) is 12.3. The van der Waals surface area contributed by atoms with Gasteiger partial charge in [0.2, 0.25) is 11.8 Å². The maximum absolute atomic E-state index is 11.5. The Labute approximate surface area is 140 Å². The second kappa shape index (κ2) is 6.06. The molecule has 1 aliphatic rings. The van der Waals surface area contributed by atoms with Gasteiger partial charge in [-0.3, -0.25) is 0 Å². The van der Waals surface area contributed by atoms with Crippen molar-refractivity contribution in [2.45, 2.75) is 23.3 Å². The highest BCUT2D eigenvalue weighted by Gasteiger charge is 2.32. The number of sulfone groups is 1. The fourth-order valence-corrected chi connectivity index (χ4v) is 4.71. The maximum atomic E-state index is 11.5. The summed E-state index contributed by atoms with van der Waals surface area (Å²) in [6, 6.07) is 3.46. The predicted octanol–water partition coefficient (Wildman–Crippen LogP) is 1.91. The Kier molecular flexibility index (Phi) is 3.88. The molecule has 0 spiro atoms. The zero-order chi connectivity index (χ0) is 16.6. The van der Waals surface area contributed by atoms with Crippen LogP contribution >= 0.6 is 11.8 Å². The summed E-state index contributed by atoms with van der Waals surface area (Å²) in [6.07, 6.45) is 2.04. The summed E-state index contributed by atoms with van der Waals surface area (Å²) in [6.45, 7) is 0. The second-order valence-corrected chi connectivity index (χ2v) is 8.43. The van der Waals surface area contributed by atoms with Crippen LogP contribution < -0.4 is 0 Å². The predicted molar refractivity (Wildman–Crippen MR) is 81.9 cm³/mol. The van der Waals surface area contributed by atoms with Crippen LogP contribution in [0.2, 0.25) is 0 Å². The van der Waals surface area contributed by atoms with Crippen molar-refractivity contribution in [1.29, 1.82) is 0 Å². The largest absolute Gasteiger partial charge is 0.459 e. The number of thioether (sulfide) groups is 1. The molecule has 1 atom stereocenters. The van der Waals surface area contributed by atoms with E-state index in [-0.39, 0.29) is 17.4 Å². The van der Waals surface area contributed by atoms with Crippen molar-refractivity contribution in [2.75, 3.05) is 11.5 Å². The monoisotopic (exact) mass is 368 g/mol. The van der Waals surface area contributed by atoms with E-state index in [4.69, 9.17) is 13.3 Å². The van der Waals surface area contributed by atoms with Crippen molar-refractivity contribution in [3.63, 3.8) is 0 Å². The summed E-state index contributed by atoms with van der Waals surface area (Å²) < 4.78 is 39.2. The molecule has 24 heavy (non-hydrogen) atoms. The molecule has 1 aliphatic heterocycles. The molecule has 0 N–H and O–H groups in total. The second-order valence-electron chi connectivity index (χ2n) is 5.27. The molecule has 0 radical (unpaired) electrons. The van der Waals surface area contributed by atoms with Gasteiger partial charge in [0, 0.05) is 0 Å². The average molecular weight is 368 g/mol. The standard InChI is InChI=1S/C13H12N4O5S2/c18-24(19)5-3-8(7-24)11-15-17-13(22-11)23-6-10-14-16-12(21-10)9-2-1-4-20-9/h1-2,4,8H,3,5-7H2/t8-/m1/s1. The highest BCUT2D eigenvalue weighted by atomic mass is 32.2. The molecule has 9 nitrogen and oxygen atoms in total. The molecule has 0 unspecified atom stereocenters. The van der Waals surface area contributed by atoms with Gasteiger partial charge in [0.25, 0.3) is 11.1 Å². The Morgan fingerprint density at radius 1 is 1.21 bits per heavy atom.